The van der Waals surface area contributed by atoms with Crippen molar-refractivity contribution < 1.29 is 4.79 Å². The molecule has 2 atom stereocenters. The van der Waals surface area contributed by atoms with Crippen LogP contribution in [-0.2, 0) is 4.79 Å². The molecule has 0 saturated carbocycles. The van der Waals surface area contributed by atoms with Crippen molar-refractivity contribution in [3.63, 3.8) is 0 Å². The van der Waals surface area contributed by atoms with E-state index >= 15 is 0 Å². The highest BCUT2D eigenvalue weighted by Gasteiger charge is 2.34. The zero-order valence-corrected chi connectivity index (χ0v) is 15.4. The first-order valence-electron chi connectivity index (χ1n) is 8.53. The van der Waals surface area contributed by atoms with E-state index in [0.29, 0.717) is 29.4 Å². The number of carbonyl (C=O) groups is 1. The van der Waals surface area contributed by atoms with Crippen LogP contribution in [-0.4, -0.2) is 27.8 Å². The molecule has 25 heavy (non-hydrogen) atoms. The maximum absolute atomic E-state index is 12.3. The zero-order valence-electron chi connectivity index (χ0n) is 13.8. The van der Waals surface area contributed by atoms with Gasteiger partial charge in [0.15, 0.2) is 0 Å². The maximum atomic E-state index is 12.3. The Bertz CT molecular complexity index is 723. The molecule has 2 saturated heterocycles. The normalized spacial score (nSPS) is 24.6. The van der Waals surface area contributed by atoms with Gasteiger partial charge in [0.05, 0.1) is 10.7 Å². The number of amides is 1. The molecule has 3 heterocycles. The van der Waals surface area contributed by atoms with Gasteiger partial charge < -0.3 is 10.6 Å². The van der Waals surface area contributed by atoms with Crippen LogP contribution in [0, 0.1) is 5.92 Å². The van der Waals surface area contributed by atoms with Crippen molar-refractivity contribution in [2.75, 3.05) is 5.32 Å². The summed E-state index contributed by atoms with van der Waals surface area (Å²) >= 11 is 6.32. The fraction of sp³-hybridized carbons (Fsp3) is 0.444. The fourth-order valence-electron chi connectivity index (χ4n) is 4.00. The van der Waals surface area contributed by atoms with Crippen molar-refractivity contribution in [3.8, 4) is 5.69 Å². The summed E-state index contributed by atoms with van der Waals surface area (Å²) in [6.07, 6.45) is 8.88. The summed E-state index contributed by atoms with van der Waals surface area (Å²) in [7, 11) is 0. The highest BCUT2D eigenvalue weighted by molar-refractivity contribution is 6.32. The fourth-order valence-corrected chi connectivity index (χ4v) is 4.26. The summed E-state index contributed by atoms with van der Waals surface area (Å²) in [6, 6.07) is 8.59. The topological polar surface area (TPSA) is 59.0 Å². The molecule has 2 N–H and O–H groups in total. The van der Waals surface area contributed by atoms with Crippen LogP contribution >= 0.6 is 24.0 Å². The molecular formula is C18H22Cl2N4O. The molecule has 4 rings (SSSR count). The Morgan fingerprint density at radius 2 is 2.08 bits per heavy atom. The van der Waals surface area contributed by atoms with E-state index in [9.17, 15) is 4.79 Å². The largest absolute Gasteiger partial charge is 0.326 e. The monoisotopic (exact) mass is 380 g/mol. The van der Waals surface area contributed by atoms with Gasteiger partial charge in [-0.25, -0.2) is 4.68 Å². The first-order chi connectivity index (χ1) is 11.7. The van der Waals surface area contributed by atoms with Crippen LogP contribution in [0.3, 0.4) is 0 Å². The van der Waals surface area contributed by atoms with Gasteiger partial charge in [-0.05, 0) is 55.9 Å². The second-order valence-corrected chi connectivity index (χ2v) is 7.25. The Morgan fingerprint density at radius 3 is 2.72 bits per heavy atom. The molecule has 1 amide bonds. The Morgan fingerprint density at radius 1 is 1.32 bits per heavy atom. The maximum Gasteiger partial charge on any atom is 0.224 e. The summed E-state index contributed by atoms with van der Waals surface area (Å²) < 4.78 is 1.71. The lowest BCUT2D eigenvalue weighted by atomic mass is 9.89. The van der Waals surface area contributed by atoms with E-state index in [1.54, 1.807) is 16.9 Å². The molecule has 2 aromatic rings. The molecule has 2 bridgehead atoms. The molecule has 1 aromatic carbocycles. The van der Waals surface area contributed by atoms with Crippen molar-refractivity contribution >= 4 is 35.6 Å². The van der Waals surface area contributed by atoms with E-state index in [-0.39, 0.29) is 18.3 Å². The standard InChI is InChI=1S/C18H21ClN4O.ClH/c19-16-11-15(4-5-17(16)23-7-1-6-20-23)22-18(24)10-12-8-13-2-3-14(9-12)21-13;/h1,4-7,11-14,21H,2-3,8-10H2,(H,22,24);1H. The van der Waals surface area contributed by atoms with Gasteiger partial charge >= 0.3 is 0 Å². The van der Waals surface area contributed by atoms with Gasteiger partial charge in [-0.2, -0.15) is 5.10 Å². The van der Waals surface area contributed by atoms with Gasteiger partial charge in [-0.15, -0.1) is 12.4 Å². The quantitative estimate of drug-likeness (QED) is 0.847. The summed E-state index contributed by atoms with van der Waals surface area (Å²) in [5.41, 5.74) is 1.53. The minimum Gasteiger partial charge on any atom is -0.326 e. The molecule has 7 heteroatoms. The molecule has 0 aliphatic carbocycles. The lowest BCUT2D eigenvalue weighted by molar-refractivity contribution is -0.117. The van der Waals surface area contributed by atoms with E-state index in [2.05, 4.69) is 15.7 Å². The Labute approximate surface area is 158 Å². The van der Waals surface area contributed by atoms with Crippen LogP contribution in [0.25, 0.3) is 5.69 Å². The highest BCUT2D eigenvalue weighted by atomic mass is 35.5. The number of anilines is 1. The Kier molecular flexibility index (Phi) is 5.67. The lowest BCUT2D eigenvalue weighted by Crippen LogP contribution is -2.39. The minimum absolute atomic E-state index is 0. The minimum atomic E-state index is 0. The predicted octanol–water partition coefficient (Wildman–Crippen LogP) is 3.81. The van der Waals surface area contributed by atoms with E-state index in [1.165, 1.54) is 12.8 Å². The number of halogens is 2. The second-order valence-electron chi connectivity index (χ2n) is 6.84. The van der Waals surface area contributed by atoms with Crippen LogP contribution in [0.15, 0.2) is 36.7 Å². The van der Waals surface area contributed by atoms with Crippen LogP contribution in [0.2, 0.25) is 5.02 Å². The zero-order chi connectivity index (χ0) is 16.5. The number of aromatic nitrogens is 2. The molecule has 1 aromatic heterocycles. The molecule has 0 spiro atoms. The number of carbonyl (C=O) groups excluding carboxylic acids is 1. The lowest BCUT2D eigenvalue weighted by Gasteiger charge is -2.28. The van der Waals surface area contributed by atoms with Crippen molar-refractivity contribution in [1.82, 2.24) is 15.1 Å². The number of piperidine rings is 1. The van der Waals surface area contributed by atoms with E-state index in [1.807, 2.05) is 24.4 Å². The molecule has 134 valence electrons. The summed E-state index contributed by atoms with van der Waals surface area (Å²) in [5.74, 6) is 0.562. The van der Waals surface area contributed by atoms with Crippen molar-refractivity contribution in [2.24, 2.45) is 5.92 Å². The van der Waals surface area contributed by atoms with Crippen LogP contribution in [0.1, 0.15) is 32.1 Å². The molecule has 2 fully saturated rings. The second kappa shape index (κ2) is 7.77. The van der Waals surface area contributed by atoms with Gasteiger partial charge in [0.1, 0.15) is 0 Å². The first kappa shape index (κ1) is 18.2. The van der Waals surface area contributed by atoms with E-state index in [4.69, 9.17) is 11.6 Å². The van der Waals surface area contributed by atoms with Crippen LogP contribution < -0.4 is 10.6 Å². The molecule has 2 unspecified atom stereocenters. The third-order valence-corrected chi connectivity index (χ3v) is 5.33. The van der Waals surface area contributed by atoms with E-state index < -0.39 is 0 Å². The molecular weight excluding hydrogens is 359 g/mol. The number of hydrogen-bond donors (Lipinski definition) is 2. The smallest absolute Gasteiger partial charge is 0.224 e. The number of nitrogens with zero attached hydrogens (tertiary/aromatic N) is 2. The number of benzene rings is 1. The summed E-state index contributed by atoms with van der Waals surface area (Å²) in [4.78, 5) is 12.3. The highest BCUT2D eigenvalue weighted by Crippen LogP contribution is 2.33. The van der Waals surface area contributed by atoms with Crippen molar-refractivity contribution in [2.45, 2.75) is 44.2 Å². The number of hydrogen-bond acceptors (Lipinski definition) is 3. The predicted molar refractivity (Wildman–Crippen MR) is 102 cm³/mol. The first-order valence-corrected chi connectivity index (χ1v) is 8.90. The van der Waals surface area contributed by atoms with Gasteiger partial charge in [0.25, 0.3) is 0 Å². The van der Waals surface area contributed by atoms with Gasteiger partial charge in [-0.3, -0.25) is 4.79 Å². The Balaban J connectivity index is 0.00000182. The molecule has 0 radical (unpaired) electrons. The number of fused-ring (bicyclic) bond motifs is 2. The molecule has 5 nitrogen and oxygen atoms in total. The Hall–Kier alpha value is -1.56. The number of nitrogens with one attached hydrogen (secondary N) is 2. The average molecular weight is 381 g/mol. The molecule has 2 aliphatic rings. The third-order valence-electron chi connectivity index (χ3n) is 5.03. The molecule has 2 aliphatic heterocycles. The summed E-state index contributed by atoms with van der Waals surface area (Å²) in [5, 5.41) is 11.3. The van der Waals surface area contributed by atoms with Gasteiger partial charge in [0, 0.05) is 36.6 Å². The van der Waals surface area contributed by atoms with Crippen LogP contribution in [0.5, 0.6) is 0 Å². The van der Waals surface area contributed by atoms with Crippen LogP contribution in [0.4, 0.5) is 5.69 Å². The SMILES string of the molecule is Cl.O=C(CC1CC2CCC(C1)N2)Nc1ccc(-n2cccn2)c(Cl)c1. The van der Waals surface area contributed by atoms with Crippen molar-refractivity contribution in [3.05, 3.63) is 41.7 Å². The van der Waals surface area contributed by atoms with Gasteiger partial charge in [-0.1, -0.05) is 11.6 Å². The average Bonchev–Trinajstić information content (AvgIpc) is 3.17. The summed E-state index contributed by atoms with van der Waals surface area (Å²) in [6.45, 7) is 0. The number of rotatable bonds is 4. The van der Waals surface area contributed by atoms with E-state index in [0.717, 1.165) is 24.2 Å². The van der Waals surface area contributed by atoms with Crippen molar-refractivity contribution in [1.29, 1.82) is 0 Å². The van der Waals surface area contributed by atoms with Gasteiger partial charge in [0.2, 0.25) is 5.91 Å². The third kappa shape index (κ3) is 4.17.